The molecule has 19 heavy (non-hydrogen) atoms. The van der Waals surface area contributed by atoms with Crippen LogP contribution in [0.3, 0.4) is 0 Å². The minimum absolute atomic E-state index is 0.223. The Morgan fingerprint density at radius 1 is 1.16 bits per heavy atom. The van der Waals surface area contributed by atoms with Gasteiger partial charge in [-0.15, -0.1) is 0 Å². The summed E-state index contributed by atoms with van der Waals surface area (Å²) in [5.41, 5.74) is 1.62. The zero-order valence-electron chi connectivity index (χ0n) is 10.3. The molecule has 3 N–H and O–H groups in total. The number of aromatic nitrogens is 2. The van der Waals surface area contributed by atoms with Gasteiger partial charge < -0.3 is 14.5 Å². The van der Waals surface area contributed by atoms with E-state index in [1.54, 1.807) is 18.2 Å². The van der Waals surface area contributed by atoms with E-state index in [4.69, 9.17) is 0 Å². The second-order valence-corrected chi connectivity index (χ2v) is 3.52. The quantitative estimate of drug-likeness (QED) is 0.768. The van der Waals surface area contributed by atoms with Gasteiger partial charge in [0, 0.05) is 0 Å². The molecule has 1 aromatic carbocycles. The van der Waals surface area contributed by atoms with Crippen molar-refractivity contribution in [3.63, 3.8) is 0 Å². The summed E-state index contributed by atoms with van der Waals surface area (Å²) in [4.78, 5) is 29.3. The molecule has 0 aliphatic heterocycles. The SMILES string of the molecule is COC(=O)Nc1nc2c(NC(=O)OC)cccc2[nH]1. The normalized spacial score (nSPS) is 10.0. The fourth-order valence-electron chi connectivity index (χ4n) is 1.50. The van der Waals surface area contributed by atoms with Gasteiger partial charge in [0.1, 0.15) is 5.52 Å². The highest BCUT2D eigenvalue weighted by Crippen LogP contribution is 2.23. The molecule has 0 aliphatic rings. The summed E-state index contributed by atoms with van der Waals surface area (Å²) >= 11 is 0. The first-order valence-electron chi connectivity index (χ1n) is 5.32. The number of H-pyrrole nitrogens is 1. The van der Waals surface area contributed by atoms with Gasteiger partial charge in [-0.3, -0.25) is 10.6 Å². The number of imidazole rings is 1. The molecule has 2 aromatic rings. The largest absolute Gasteiger partial charge is 0.453 e. The maximum Gasteiger partial charge on any atom is 0.413 e. The van der Waals surface area contributed by atoms with Crippen LogP contribution in [0.15, 0.2) is 18.2 Å². The van der Waals surface area contributed by atoms with E-state index in [9.17, 15) is 9.59 Å². The molecule has 1 aromatic heterocycles. The summed E-state index contributed by atoms with van der Waals surface area (Å²) in [5.74, 6) is 0.223. The number of carbonyl (C=O) groups excluding carboxylic acids is 2. The van der Waals surface area contributed by atoms with Crippen LogP contribution in [0, 0.1) is 0 Å². The van der Waals surface area contributed by atoms with Crippen LogP contribution in [-0.2, 0) is 9.47 Å². The number of rotatable bonds is 2. The Hall–Kier alpha value is -2.77. The Bertz CT molecular complexity index is 622. The second-order valence-electron chi connectivity index (χ2n) is 3.52. The zero-order chi connectivity index (χ0) is 13.8. The topological polar surface area (TPSA) is 105 Å². The average molecular weight is 264 g/mol. The molecule has 0 fully saturated rings. The number of nitrogens with zero attached hydrogens (tertiary/aromatic N) is 1. The van der Waals surface area contributed by atoms with E-state index in [1.807, 2.05) is 0 Å². The van der Waals surface area contributed by atoms with Crippen LogP contribution in [0.1, 0.15) is 0 Å². The molecule has 0 aliphatic carbocycles. The molecule has 0 spiro atoms. The van der Waals surface area contributed by atoms with Crippen LogP contribution >= 0.6 is 0 Å². The third-order valence-corrected chi connectivity index (χ3v) is 2.34. The number of aromatic amines is 1. The van der Waals surface area contributed by atoms with Crippen molar-refractivity contribution in [3.8, 4) is 0 Å². The van der Waals surface area contributed by atoms with Crippen molar-refractivity contribution < 1.29 is 19.1 Å². The first-order chi connectivity index (χ1) is 9.13. The molecule has 0 saturated heterocycles. The molecule has 0 unspecified atom stereocenters. The lowest BCUT2D eigenvalue weighted by atomic mass is 10.3. The molecule has 0 atom stereocenters. The summed E-state index contributed by atoms with van der Waals surface area (Å²) in [5, 5.41) is 4.93. The summed E-state index contributed by atoms with van der Waals surface area (Å²) in [6, 6.07) is 5.16. The first-order valence-corrected chi connectivity index (χ1v) is 5.32. The van der Waals surface area contributed by atoms with Gasteiger partial charge in [0.25, 0.3) is 0 Å². The zero-order valence-corrected chi connectivity index (χ0v) is 10.3. The lowest BCUT2D eigenvalue weighted by molar-refractivity contribution is 0.186. The van der Waals surface area contributed by atoms with Gasteiger partial charge in [-0.1, -0.05) is 6.07 Å². The van der Waals surface area contributed by atoms with Crippen LogP contribution in [0.4, 0.5) is 21.2 Å². The maximum atomic E-state index is 11.2. The summed E-state index contributed by atoms with van der Waals surface area (Å²) < 4.78 is 8.98. The van der Waals surface area contributed by atoms with Crippen molar-refractivity contribution in [2.75, 3.05) is 24.9 Å². The molecule has 0 saturated carbocycles. The Morgan fingerprint density at radius 3 is 2.53 bits per heavy atom. The van der Waals surface area contributed by atoms with E-state index < -0.39 is 12.2 Å². The van der Waals surface area contributed by atoms with Crippen molar-refractivity contribution in [2.45, 2.75) is 0 Å². The van der Waals surface area contributed by atoms with E-state index in [-0.39, 0.29) is 5.95 Å². The molecule has 100 valence electrons. The predicted molar refractivity (Wildman–Crippen MR) is 68.1 cm³/mol. The van der Waals surface area contributed by atoms with E-state index in [0.29, 0.717) is 16.7 Å². The molecule has 1 heterocycles. The number of carbonyl (C=O) groups is 2. The fraction of sp³-hybridized carbons (Fsp3) is 0.182. The Balaban J connectivity index is 2.33. The summed E-state index contributed by atoms with van der Waals surface area (Å²) in [7, 11) is 2.52. The van der Waals surface area contributed by atoms with E-state index >= 15 is 0 Å². The average Bonchev–Trinajstić information content (AvgIpc) is 2.81. The number of hydrogen-bond acceptors (Lipinski definition) is 5. The van der Waals surface area contributed by atoms with Gasteiger partial charge in [0.2, 0.25) is 5.95 Å². The molecule has 0 radical (unpaired) electrons. The van der Waals surface area contributed by atoms with Gasteiger partial charge in [-0.2, -0.15) is 0 Å². The highest BCUT2D eigenvalue weighted by atomic mass is 16.5. The van der Waals surface area contributed by atoms with Crippen LogP contribution < -0.4 is 10.6 Å². The number of fused-ring (bicyclic) bond motifs is 1. The van der Waals surface area contributed by atoms with Gasteiger partial charge in [-0.25, -0.2) is 14.6 Å². The van der Waals surface area contributed by atoms with Crippen LogP contribution in [0.25, 0.3) is 11.0 Å². The standard InChI is InChI=1S/C11H12N4O4/c1-18-10(16)13-7-5-3-4-6-8(7)14-9(12-6)15-11(17)19-2/h3-5H,1-2H3,(H,13,16)(H2,12,14,15,17). The van der Waals surface area contributed by atoms with Crippen molar-refractivity contribution in [2.24, 2.45) is 0 Å². The lowest BCUT2D eigenvalue weighted by Gasteiger charge is -2.03. The number of para-hydroxylation sites is 1. The minimum atomic E-state index is -0.637. The van der Waals surface area contributed by atoms with Gasteiger partial charge in [-0.05, 0) is 12.1 Å². The number of anilines is 2. The number of hydrogen-bond donors (Lipinski definition) is 3. The molecule has 0 bridgehead atoms. The third kappa shape index (κ3) is 2.73. The number of amides is 2. The molecule has 8 nitrogen and oxygen atoms in total. The Kier molecular flexibility index (Phi) is 3.51. The highest BCUT2D eigenvalue weighted by Gasteiger charge is 2.11. The number of ether oxygens (including phenoxy) is 2. The smallest absolute Gasteiger partial charge is 0.413 e. The van der Waals surface area contributed by atoms with Crippen LogP contribution in [0.2, 0.25) is 0 Å². The summed E-state index contributed by atoms with van der Waals surface area (Å²) in [6.45, 7) is 0. The highest BCUT2D eigenvalue weighted by molar-refractivity contribution is 5.98. The molecule has 2 amide bonds. The van der Waals surface area contributed by atoms with Crippen molar-refractivity contribution in [1.82, 2.24) is 9.97 Å². The fourth-order valence-corrected chi connectivity index (χ4v) is 1.50. The first kappa shape index (κ1) is 12.7. The van der Waals surface area contributed by atoms with Gasteiger partial charge >= 0.3 is 12.2 Å². The van der Waals surface area contributed by atoms with Crippen LogP contribution in [0.5, 0.6) is 0 Å². The Labute approximate surface area is 108 Å². The number of methoxy groups -OCH3 is 2. The van der Waals surface area contributed by atoms with E-state index in [0.717, 1.165) is 0 Å². The molecule has 8 heteroatoms. The number of benzene rings is 1. The monoisotopic (exact) mass is 264 g/mol. The van der Waals surface area contributed by atoms with Crippen molar-refractivity contribution in [3.05, 3.63) is 18.2 Å². The van der Waals surface area contributed by atoms with Gasteiger partial charge in [0.15, 0.2) is 0 Å². The van der Waals surface area contributed by atoms with Crippen molar-refractivity contribution >= 4 is 34.9 Å². The second kappa shape index (κ2) is 5.25. The third-order valence-electron chi connectivity index (χ3n) is 2.34. The van der Waals surface area contributed by atoms with Crippen molar-refractivity contribution in [1.29, 1.82) is 0 Å². The van der Waals surface area contributed by atoms with E-state index in [1.165, 1.54) is 14.2 Å². The maximum absolute atomic E-state index is 11.2. The molecular formula is C11H12N4O4. The van der Waals surface area contributed by atoms with Crippen LogP contribution in [-0.4, -0.2) is 36.4 Å². The minimum Gasteiger partial charge on any atom is -0.453 e. The molecular weight excluding hydrogens is 252 g/mol. The predicted octanol–water partition coefficient (Wildman–Crippen LogP) is 1.92. The lowest BCUT2D eigenvalue weighted by Crippen LogP contribution is -2.12. The van der Waals surface area contributed by atoms with E-state index in [2.05, 4.69) is 30.1 Å². The number of nitrogens with one attached hydrogen (secondary N) is 3. The Morgan fingerprint density at radius 2 is 1.84 bits per heavy atom. The van der Waals surface area contributed by atoms with Gasteiger partial charge in [0.05, 0.1) is 25.4 Å². The summed E-state index contributed by atoms with van der Waals surface area (Å²) in [6.07, 6.45) is -1.24. The molecule has 2 rings (SSSR count).